The first-order chi connectivity index (χ1) is 9.65. The van der Waals surface area contributed by atoms with Crippen molar-refractivity contribution in [1.29, 1.82) is 0 Å². The molecule has 0 bridgehead atoms. The van der Waals surface area contributed by atoms with E-state index in [2.05, 4.69) is 6.92 Å². The Bertz CT molecular complexity index is 576. The maximum absolute atomic E-state index is 10.6. The van der Waals surface area contributed by atoms with E-state index in [9.17, 15) is 5.11 Å². The van der Waals surface area contributed by atoms with Crippen LogP contribution in [0.2, 0.25) is 5.02 Å². The summed E-state index contributed by atoms with van der Waals surface area (Å²) in [5, 5.41) is 11.3. The van der Waals surface area contributed by atoms with Crippen molar-refractivity contribution in [2.75, 3.05) is 0 Å². The number of phenols is 1. The second kappa shape index (κ2) is 6.81. The van der Waals surface area contributed by atoms with Crippen LogP contribution in [0.4, 0.5) is 0 Å². The highest BCUT2D eigenvalue weighted by Gasteiger charge is 2.15. The van der Waals surface area contributed by atoms with Gasteiger partial charge in [0.1, 0.15) is 5.75 Å². The van der Waals surface area contributed by atoms with Crippen LogP contribution in [0, 0.1) is 6.92 Å². The third kappa shape index (κ3) is 3.16. The fourth-order valence-electron chi connectivity index (χ4n) is 2.50. The van der Waals surface area contributed by atoms with Gasteiger partial charge < -0.3 is 5.11 Å². The fraction of sp³-hybridized carbons (Fsp3) is 0.333. The van der Waals surface area contributed by atoms with Crippen molar-refractivity contribution in [3.05, 3.63) is 52.5 Å². The molecular weight excluding hydrogens is 268 g/mol. The minimum atomic E-state index is 0.384. The van der Waals surface area contributed by atoms with Crippen LogP contribution in [0.5, 0.6) is 5.75 Å². The Morgan fingerprint density at radius 1 is 1.10 bits per heavy atom. The monoisotopic (exact) mass is 288 g/mol. The molecule has 0 heterocycles. The average Bonchev–Trinajstić information content (AvgIpc) is 2.46. The molecule has 0 atom stereocenters. The van der Waals surface area contributed by atoms with Gasteiger partial charge in [0.15, 0.2) is 0 Å². The van der Waals surface area contributed by atoms with E-state index in [1.807, 2.05) is 43.3 Å². The quantitative estimate of drug-likeness (QED) is 0.694. The van der Waals surface area contributed by atoms with Crippen LogP contribution < -0.4 is 0 Å². The van der Waals surface area contributed by atoms with Gasteiger partial charge >= 0.3 is 0 Å². The van der Waals surface area contributed by atoms with Gasteiger partial charge in [0, 0.05) is 10.6 Å². The SMILES string of the molecule is CCCCCc1cc(Cl)c(C)c(-c2ccccc2)c1O. The topological polar surface area (TPSA) is 20.2 Å². The summed E-state index contributed by atoms with van der Waals surface area (Å²) < 4.78 is 0. The van der Waals surface area contributed by atoms with Crippen molar-refractivity contribution in [1.82, 2.24) is 0 Å². The van der Waals surface area contributed by atoms with Crippen LogP contribution in [-0.4, -0.2) is 5.11 Å². The molecular formula is C18H21ClO. The third-order valence-corrected chi connectivity index (χ3v) is 4.08. The highest BCUT2D eigenvalue weighted by atomic mass is 35.5. The number of benzene rings is 2. The lowest BCUT2D eigenvalue weighted by Crippen LogP contribution is -1.93. The minimum Gasteiger partial charge on any atom is -0.507 e. The summed E-state index contributed by atoms with van der Waals surface area (Å²) in [7, 11) is 0. The van der Waals surface area contributed by atoms with Crippen molar-refractivity contribution in [2.45, 2.75) is 39.5 Å². The Kier molecular flexibility index (Phi) is 5.08. The number of phenolic OH excluding ortho intramolecular Hbond substituents is 1. The molecule has 0 aliphatic heterocycles. The predicted octanol–water partition coefficient (Wildman–Crippen LogP) is 5.75. The summed E-state index contributed by atoms with van der Waals surface area (Å²) in [6, 6.07) is 11.9. The molecule has 2 rings (SSSR count). The molecule has 0 aliphatic rings. The fourth-order valence-corrected chi connectivity index (χ4v) is 2.73. The summed E-state index contributed by atoms with van der Waals surface area (Å²) in [5.74, 6) is 0.384. The average molecular weight is 289 g/mol. The van der Waals surface area contributed by atoms with E-state index in [0.717, 1.165) is 40.1 Å². The first kappa shape index (κ1) is 14.9. The second-order valence-corrected chi connectivity index (χ2v) is 5.60. The molecule has 0 unspecified atom stereocenters. The Morgan fingerprint density at radius 3 is 2.45 bits per heavy atom. The third-order valence-electron chi connectivity index (χ3n) is 3.69. The largest absolute Gasteiger partial charge is 0.507 e. The number of aryl methyl sites for hydroxylation is 1. The van der Waals surface area contributed by atoms with Crippen molar-refractivity contribution < 1.29 is 5.11 Å². The molecule has 106 valence electrons. The van der Waals surface area contributed by atoms with Crippen molar-refractivity contribution in [3.8, 4) is 16.9 Å². The van der Waals surface area contributed by atoms with Gasteiger partial charge in [-0.25, -0.2) is 0 Å². The van der Waals surface area contributed by atoms with E-state index in [4.69, 9.17) is 11.6 Å². The summed E-state index contributed by atoms with van der Waals surface area (Å²) >= 11 is 6.34. The number of rotatable bonds is 5. The first-order valence-corrected chi connectivity index (χ1v) is 7.59. The Balaban J connectivity index is 2.45. The van der Waals surface area contributed by atoms with Gasteiger partial charge in [-0.1, -0.05) is 61.7 Å². The van der Waals surface area contributed by atoms with E-state index in [1.54, 1.807) is 0 Å². The summed E-state index contributed by atoms with van der Waals surface area (Å²) in [6.45, 7) is 4.14. The van der Waals surface area contributed by atoms with Crippen LogP contribution in [-0.2, 0) is 6.42 Å². The van der Waals surface area contributed by atoms with Crippen LogP contribution in [0.3, 0.4) is 0 Å². The number of hydrogen-bond donors (Lipinski definition) is 1. The van der Waals surface area contributed by atoms with Gasteiger partial charge in [0.25, 0.3) is 0 Å². The molecule has 2 aromatic carbocycles. The van der Waals surface area contributed by atoms with E-state index >= 15 is 0 Å². The minimum absolute atomic E-state index is 0.384. The van der Waals surface area contributed by atoms with Gasteiger partial charge in [0.2, 0.25) is 0 Å². The molecule has 0 saturated heterocycles. The second-order valence-electron chi connectivity index (χ2n) is 5.19. The van der Waals surface area contributed by atoms with Crippen molar-refractivity contribution in [2.24, 2.45) is 0 Å². The van der Waals surface area contributed by atoms with E-state index in [1.165, 1.54) is 12.8 Å². The lowest BCUT2D eigenvalue weighted by molar-refractivity contribution is 0.468. The molecule has 0 radical (unpaired) electrons. The molecule has 0 fully saturated rings. The van der Waals surface area contributed by atoms with E-state index in [0.29, 0.717) is 5.75 Å². The molecule has 20 heavy (non-hydrogen) atoms. The maximum atomic E-state index is 10.6. The van der Waals surface area contributed by atoms with E-state index < -0.39 is 0 Å². The summed E-state index contributed by atoms with van der Waals surface area (Å²) in [5.41, 5.74) is 3.77. The Morgan fingerprint density at radius 2 is 1.80 bits per heavy atom. The van der Waals surface area contributed by atoms with Gasteiger partial charge in [-0.15, -0.1) is 0 Å². The molecule has 0 amide bonds. The zero-order valence-corrected chi connectivity index (χ0v) is 12.9. The normalized spacial score (nSPS) is 10.8. The summed E-state index contributed by atoms with van der Waals surface area (Å²) in [4.78, 5) is 0. The highest BCUT2D eigenvalue weighted by molar-refractivity contribution is 6.32. The number of aromatic hydroxyl groups is 1. The standard InChI is InChI=1S/C18H21ClO/c1-3-4-6-11-15-12-16(19)13(2)17(18(15)20)14-9-7-5-8-10-14/h5,7-10,12,20H,3-4,6,11H2,1-2H3. The van der Waals surface area contributed by atoms with Gasteiger partial charge in [-0.05, 0) is 42.5 Å². The smallest absolute Gasteiger partial charge is 0.126 e. The molecule has 0 saturated carbocycles. The van der Waals surface area contributed by atoms with Gasteiger partial charge in [-0.2, -0.15) is 0 Å². The van der Waals surface area contributed by atoms with Crippen LogP contribution in [0.1, 0.15) is 37.3 Å². The molecule has 0 aliphatic carbocycles. The molecule has 1 N–H and O–H groups in total. The van der Waals surface area contributed by atoms with Crippen molar-refractivity contribution >= 4 is 11.6 Å². The van der Waals surface area contributed by atoms with Crippen LogP contribution >= 0.6 is 11.6 Å². The van der Waals surface area contributed by atoms with E-state index in [-0.39, 0.29) is 0 Å². The molecule has 2 heteroatoms. The zero-order chi connectivity index (χ0) is 14.5. The Hall–Kier alpha value is -1.47. The first-order valence-electron chi connectivity index (χ1n) is 7.21. The van der Waals surface area contributed by atoms with Crippen molar-refractivity contribution in [3.63, 3.8) is 0 Å². The lowest BCUT2D eigenvalue weighted by atomic mass is 9.94. The highest BCUT2D eigenvalue weighted by Crippen LogP contribution is 2.39. The summed E-state index contributed by atoms with van der Waals surface area (Å²) in [6.07, 6.45) is 4.30. The van der Waals surface area contributed by atoms with Gasteiger partial charge in [-0.3, -0.25) is 0 Å². The Labute approximate surface area is 126 Å². The maximum Gasteiger partial charge on any atom is 0.126 e. The molecule has 0 aromatic heterocycles. The molecule has 0 spiro atoms. The van der Waals surface area contributed by atoms with Gasteiger partial charge in [0.05, 0.1) is 0 Å². The zero-order valence-electron chi connectivity index (χ0n) is 12.1. The van der Waals surface area contributed by atoms with Crippen LogP contribution in [0.15, 0.2) is 36.4 Å². The lowest BCUT2D eigenvalue weighted by Gasteiger charge is -2.15. The van der Waals surface area contributed by atoms with Crippen LogP contribution in [0.25, 0.3) is 11.1 Å². The number of halogens is 1. The predicted molar refractivity (Wildman–Crippen MR) is 86.5 cm³/mol. The molecule has 2 aromatic rings. The number of hydrogen-bond acceptors (Lipinski definition) is 1. The molecule has 1 nitrogen and oxygen atoms in total. The number of unbranched alkanes of at least 4 members (excludes halogenated alkanes) is 2.